The van der Waals surface area contributed by atoms with Crippen molar-refractivity contribution in [2.75, 3.05) is 13.2 Å². The van der Waals surface area contributed by atoms with E-state index in [0.717, 1.165) is 70.6 Å². The van der Waals surface area contributed by atoms with Crippen LogP contribution in [0.3, 0.4) is 0 Å². The summed E-state index contributed by atoms with van der Waals surface area (Å²) in [7, 11) is 0. The van der Waals surface area contributed by atoms with E-state index in [1.165, 1.54) is 276 Å². The second-order valence-electron chi connectivity index (χ2n) is 23.5. The summed E-state index contributed by atoms with van der Waals surface area (Å²) in [5, 5.41) is 0. The van der Waals surface area contributed by atoms with Gasteiger partial charge in [0, 0.05) is 19.3 Å². The quantitative estimate of drug-likeness (QED) is 0.0261. The van der Waals surface area contributed by atoms with Gasteiger partial charge in [-0.2, -0.15) is 0 Å². The van der Waals surface area contributed by atoms with Gasteiger partial charge < -0.3 is 14.2 Å². The summed E-state index contributed by atoms with van der Waals surface area (Å²) < 4.78 is 16.9. The summed E-state index contributed by atoms with van der Waals surface area (Å²) in [6.07, 6.45) is 79.4. The lowest BCUT2D eigenvalue weighted by Crippen LogP contribution is -2.30. The molecule has 0 rings (SSSR count). The monoisotopic (exact) mass is 1070 g/mol. The molecule has 76 heavy (non-hydrogen) atoms. The molecule has 0 radical (unpaired) electrons. The average Bonchev–Trinajstić information content (AvgIpc) is 3.42. The zero-order chi connectivity index (χ0) is 55.0. The Labute approximate surface area is 474 Å². The maximum absolute atomic E-state index is 12.9. The van der Waals surface area contributed by atoms with Gasteiger partial charge in [-0.15, -0.1) is 0 Å². The van der Waals surface area contributed by atoms with Crippen molar-refractivity contribution in [2.24, 2.45) is 0 Å². The fourth-order valence-electron chi connectivity index (χ4n) is 10.5. The first kappa shape index (κ1) is 73.9. The van der Waals surface area contributed by atoms with Crippen LogP contribution in [0.5, 0.6) is 0 Å². The Morgan fingerprint density at radius 2 is 0.474 bits per heavy atom. The number of hydrogen-bond acceptors (Lipinski definition) is 6. The number of carbonyl (C=O) groups is 3. The minimum absolute atomic E-state index is 0.0687. The van der Waals surface area contributed by atoms with Gasteiger partial charge in [0.15, 0.2) is 6.10 Å². The summed E-state index contributed by atoms with van der Waals surface area (Å²) in [5.74, 6) is -0.851. The number of allylic oxidation sites excluding steroid dienone is 4. The summed E-state index contributed by atoms with van der Waals surface area (Å²) in [4.78, 5) is 38.2. The Kier molecular flexibility index (Phi) is 63.6. The van der Waals surface area contributed by atoms with Crippen molar-refractivity contribution in [2.45, 2.75) is 393 Å². The predicted molar refractivity (Wildman–Crippen MR) is 330 cm³/mol. The first-order chi connectivity index (χ1) is 37.5. The highest BCUT2D eigenvalue weighted by molar-refractivity contribution is 5.71. The van der Waals surface area contributed by atoms with Crippen LogP contribution in [-0.4, -0.2) is 37.2 Å². The van der Waals surface area contributed by atoms with Crippen LogP contribution in [0.1, 0.15) is 387 Å². The maximum atomic E-state index is 12.9. The number of unbranched alkanes of at least 4 members (excludes halogenated alkanes) is 49. The molecule has 0 bridgehead atoms. The van der Waals surface area contributed by atoms with Crippen LogP contribution in [0, 0.1) is 0 Å². The molecule has 0 aromatic heterocycles. The molecule has 0 aromatic rings. The van der Waals surface area contributed by atoms with Crippen LogP contribution in [0.15, 0.2) is 24.3 Å². The van der Waals surface area contributed by atoms with Crippen molar-refractivity contribution in [3.63, 3.8) is 0 Å². The Balaban J connectivity index is 4.08. The molecule has 6 nitrogen and oxygen atoms in total. The molecule has 1 atom stereocenters. The van der Waals surface area contributed by atoms with Gasteiger partial charge in [0.25, 0.3) is 0 Å². The van der Waals surface area contributed by atoms with Crippen LogP contribution >= 0.6 is 0 Å². The number of carbonyl (C=O) groups excluding carboxylic acids is 3. The second-order valence-corrected chi connectivity index (χ2v) is 23.5. The van der Waals surface area contributed by atoms with Crippen molar-refractivity contribution in [1.82, 2.24) is 0 Å². The van der Waals surface area contributed by atoms with Gasteiger partial charge in [-0.1, -0.05) is 340 Å². The van der Waals surface area contributed by atoms with Crippen LogP contribution in [0.4, 0.5) is 0 Å². The average molecular weight is 1070 g/mol. The number of hydrogen-bond donors (Lipinski definition) is 0. The van der Waals surface area contributed by atoms with Gasteiger partial charge in [-0.05, 0) is 51.4 Å². The van der Waals surface area contributed by atoms with Gasteiger partial charge in [0.1, 0.15) is 13.2 Å². The molecule has 0 aliphatic heterocycles. The summed E-state index contributed by atoms with van der Waals surface area (Å²) in [5.41, 5.74) is 0. The molecule has 0 saturated heterocycles. The lowest BCUT2D eigenvalue weighted by molar-refractivity contribution is -0.167. The Hall–Kier alpha value is -2.11. The second kappa shape index (κ2) is 65.4. The van der Waals surface area contributed by atoms with Crippen molar-refractivity contribution in [3.8, 4) is 0 Å². The highest BCUT2D eigenvalue weighted by Gasteiger charge is 2.19. The summed E-state index contributed by atoms with van der Waals surface area (Å²) >= 11 is 0. The van der Waals surface area contributed by atoms with Gasteiger partial charge in [-0.3, -0.25) is 14.4 Å². The first-order valence-electron chi connectivity index (χ1n) is 34.3. The van der Waals surface area contributed by atoms with Crippen LogP contribution in [0.25, 0.3) is 0 Å². The van der Waals surface area contributed by atoms with Crippen LogP contribution in [0.2, 0.25) is 0 Å². The van der Waals surface area contributed by atoms with E-state index in [2.05, 4.69) is 45.1 Å². The molecule has 0 aliphatic rings. The number of rotatable bonds is 64. The van der Waals surface area contributed by atoms with E-state index in [1.807, 2.05) is 0 Å². The molecule has 1 unspecified atom stereocenters. The number of ether oxygens (including phenoxy) is 3. The minimum atomic E-state index is -0.771. The van der Waals surface area contributed by atoms with Crippen molar-refractivity contribution in [1.29, 1.82) is 0 Å². The van der Waals surface area contributed by atoms with Crippen molar-refractivity contribution >= 4 is 17.9 Å². The van der Waals surface area contributed by atoms with E-state index >= 15 is 0 Å². The SMILES string of the molecule is CCCCCC/C=C\C/C=C\CCCCCCCCCC(=O)OC(COC(=O)CCCCCCCCCCCC)COC(=O)CCCCCCCCCCCCCCCCCCCCCCCCCCCCCCCC. The zero-order valence-electron chi connectivity index (χ0n) is 51.6. The molecule has 0 aromatic carbocycles. The van der Waals surface area contributed by atoms with Gasteiger partial charge in [-0.25, -0.2) is 0 Å². The largest absolute Gasteiger partial charge is 0.462 e. The van der Waals surface area contributed by atoms with E-state index in [9.17, 15) is 14.4 Å². The zero-order valence-corrected chi connectivity index (χ0v) is 51.6. The minimum Gasteiger partial charge on any atom is -0.462 e. The van der Waals surface area contributed by atoms with Gasteiger partial charge in [0.2, 0.25) is 0 Å². The Morgan fingerprint density at radius 1 is 0.263 bits per heavy atom. The molecule has 6 heteroatoms. The van der Waals surface area contributed by atoms with E-state index < -0.39 is 6.10 Å². The molecule has 0 fully saturated rings. The third-order valence-corrected chi connectivity index (χ3v) is 15.7. The molecule has 0 N–H and O–H groups in total. The van der Waals surface area contributed by atoms with E-state index in [-0.39, 0.29) is 31.1 Å². The van der Waals surface area contributed by atoms with Crippen molar-refractivity contribution < 1.29 is 28.6 Å². The molecule has 448 valence electrons. The molecule has 0 aliphatic carbocycles. The Morgan fingerprint density at radius 3 is 0.737 bits per heavy atom. The van der Waals surface area contributed by atoms with E-state index in [0.29, 0.717) is 19.3 Å². The molecule has 0 amide bonds. The smallest absolute Gasteiger partial charge is 0.306 e. The standard InChI is InChI=1S/C70H132O6/c1-4-7-10-13-16-19-22-24-26-28-30-31-32-33-34-35-36-37-38-39-40-41-43-44-46-48-51-54-57-60-63-69(72)75-66-67(65-74-68(71)62-59-56-53-50-21-18-15-12-9-6-3)76-70(73)64-61-58-55-52-49-47-45-42-29-27-25-23-20-17-14-11-8-5-2/h20,23,27,29,67H,4-19,21-22,24-26,28,30-66H2,1-3H3/b23-20-,29-27-. The topological polar surface area (TPSA) is 78.9 Å². The highest BCUT2D eigenvalue weighted by Crippen LogP contribution is 2.19. The molecular weight excluding hydrogens is 937 g/mol. The molecule has 0 heterocycles. The third-order valence-electron chi connectivity index (χ3n) is 15.7. The lowest BCUT2D eigenvalue weighted by Gasteiger charge is -2.18. The van der Waals surface area contributed by atoms with Crippen LogP contribution < -0.4 is 0 Å². The van der Waals surface area contributed by atoms with E-state index in [1.54, 1.807) is 0 Å². The first-order valence-corrected chi connectivity index (χ1v) is 34.3. The number of esters is 3. The lowest BCUT2D eigenvalue weighted by atomic mass is 10.0. The molecule has 0 spiro atoms. The van der Waals surface area contributed by atoms with Gasteiger partial charge in [0.05, 0.1) is 0 Å². The fourth-order valence-corrected chi connectivity index (χ4v) is 10.5. The Bertz CT molecular complexity index is 1230. The van der Waals surface area contributed by atoms with Crippen molar-refractivity contribution in [3.05, 3.63) is 24.3 Å². The predicted octanol–water partition coefficient (Wildman–Crippen LogP) is 23.4. The maximum Gasteiger partial charge on any atom is 0.306 e. The summed E-state index contributed by atoms with van der Waals surface area (Å²) in [6, 6.07) is 0. The molecule has 0 saturated carbocycles. The fraction of sp³-hybridized carbons (Fsp3) is 0.900. The summed E-state index contributed by atoms with van der Waals surface area (Å²) in [6.45, 7) is 6.67. The normalized spacial score (nSPS) is 12.1. The van der Waals surface area contributed by atoms with E-state index in [4.69, 9.17) is 14.2 Å². The van der Waals surface area contributed by atoms with Crippen LogP contribution in [-0.2, 0) is 28.6 Å². The molecular formula is C70H132O6. The third kappa shape index (κ3) is 62.7. The highest BCUT2D eigenvalue weighted by atomic mass is 16.6. The van der Waals surface area contributed by atoms with Gasteiger partial charge >= 0.3 is 17.9 Å².